The van der Waals surface area contributed by atoms with E-state index in [4.69, 9.17) is 0 Å². The van der Waals surface area contributed by atoms with Crippen molar-refractivity contribution in [3.63, 3.8) is 0 Å². The van der Waals surface area contributed by atoms with Crippen LogP contribution in [0.15, 0.2) is 23.0 Å². The zero-order valence-corrected chi connectivity index (χ0v) is 15.6. The highest BCUT2D eigenvalue weighted by Gasteiger charge is 2.31. The maximum absolute atomic E-state index is 13.0. The molecule has 0 spiro atoms. The van der Waals surface area contributed by atoms with Crippen LogP contribution in [0.5, 0.6) is 0 Å². The van der Waals surface area contributed by atoms with Gasteiger partial charge in [0.25, 0.3) is 0 Å². The van der Waals surface area contributed by atoms with E-state index in [1.165, 1.54) is 0 Å². The predicted octanol–water partition coefficient (Wildman–Crippen LogP) is -0.443. The molecule has 8 nitrogen and oxygen atoms in total. The zero-order chi connectivity index (χ0) is 19.0. The smallest absolute Gasteiger partial charge is 0.329 e. The molecule has 2 fully saturated rings. The number of imidazole rings is 1. The Kier molecular flexibility index (Phi) is 5.03. The van der Waals surface area contributed by atoms with Crippen LogP contribution in [0.4, 0.5) is 0 Å². The van der Waals surface area contributed by atoms with Gasteiger partial charge in [-0.15, -0.1) is 0 Å². The van der Waals surface area contributed by atoms with Crippen molar-refractivity contribution in [3.05, 3.63) is 34.2 Å². The Bertz CT molecular complexity index is 897. The van der Waals surface area contributed by atoms with Gasteiger partial charge in [-0.1, -0.05) is 12.1 Å². The molecule has 0 radical (unpaired) electrons. The maximum Gasteiger partial charge on any atom is 0.329 e. The lowest BCUT2D eigenvalue weighted by molar-refractivity contribution is -0.128. The number of aromatic nitrogens is 2. The number of piperazine rings is 1. The number of para-hydroxylation sites is 1. The molecule has 2 saturated heterocycles. The molecule has 27 heavy (non-hydrogen) atoms. The summed E-state index contributed by atoms with van der Waals surface area (Å²) in [5.74, 6) is -0.177. The van der Waals surface area contributed by atoms with Crippen LogP contribution in [0.1, 0.15) is 24.4 Å². The second kappa shape index (κ2) is 7.46. The predicted molar refractivity (Wildman–Crippen MR) is 103 cm³/mol. The number of amides is 1. The van der Waals surface area contributed by atoms with Crippen LogP contribution < -0.4 is 16.3 Å². The molecule has 3 N–H and O–H groups in total. The van der Waals surface area contributed by atoms with Gasteiger partial charge in [0.15, 0.2) is 0 Å². The van der Waals surface area contributed by atoms with Gasteiger partial charge in [-0.3, -0.25) is 13.9 Å². The lowest BCUT2D eigenvalue weighted by Crippen LogP contribution is -2.47. The summed E-state index contributed by atoms with van der Waals surface area (Å²) in [5, 5.41) is 16.2. The molecule has 3 heterocycles. The van der Waals surface area contributed by atoms with Crippen molar-refractivity contribution in [2.45, 2.75) is 31.5 Å². The molecule has 0 aliphatic carbocycles. The molecule has 146 valence electrons. The fourth-order valence-corrected chi connectivity index (χ4v) is 4.30. The second-order valence-electron chi connectivity index (χ2n) is 7.46. The molecule has 2 unspecified atom stereocenters. The lowest BCUT2D eigenvalue weighted by Gasteiger charge is -2.29. The lowest BCUT2D eigenvalue weighted by atomic mass is 10.0. The average Bonchev–Trinajstić information content (AvgIpc) is 2.93. The number of aliphatic hydroxyl groups is 1. The molecule has 2 aromatic rings. The van der Waals surface area contributed by atoms with E-state index in [1.54, 1.807) is 16.2 Å². The summed E-state index contributed by atoms with van der Waals surface area (Å²) in [6.45, 7) is 5.09. The number of nitrogens with zero attached hydrogens (tertiary/aromatic N) is 3. The van der Waals surface area contributed by atoms with E-state index in [1.807, 2.05) is 12.1 Å². The fraction of sp³-hybridized carbons (Fsp3) is 0.579. The van der Waals surface area contributed by atoms with Gasteiger partial charge in [-0.05, 0) is 24.5 Å². The normalized spacial score (nSPS) is 24.3. The Morgan fingerprint density at radius 3 is 2.74 bits per heavy atom. The van der Waals surface area contributed by atoms with Gasteiger partial charge in [0.05, 0.1) is 17.1 Å². The monoisotopic (exact) mass is 373 g/mol. The first-order valence-corrected chi connectivity index (χ1v) is 9.65. The second-order valence-corrected chi connectivity index (χ2v) is 7.46. The van der Waals surface area contributed by atoms with Crippen LogP contribution in [-0.4, -0.2) is 64.0 Å². The van der Waals surface area contributed by atoms with Crippen molar-refractivity contribution >= 4 is 16.9 Å². The first-order chi connectivity index (χ1) is 13.1. The Morgan fingerprint density at radius 1 is 1.22 bits per heavy atom. The van der Waals surface area contributed by atoms with Crippen LogP contribution in [0.3, 0.4) is 0 Å². The largest absolute Gasteiger partial charge is 0.372 e. The van der Waals surface area contributed by atoms with Crippen LogP contribution in [0, 0.1) is 0 Å². The number of aryl methyl sites for hydroxylation is 1. The van der Waals surface area contributed by atoms with Crippen molar-refractivity contribution in [1.29, 1.82) is 0 Å². The number of benzene rings is 1. The minimum Gasteiger partial charge on any atom is -0.372 e. The van der Waals surface area contributed by atoms with Crippen molar-refractivity contribution in [3.8, 4) is 0 Å². The summed E-state index contributed by atoms with van der Waals surface area (Å²) in [5.41, 5.74) is 2.72. The van der Waals surface area contributed by atoms with Gasteiger partial charge >= 0.3 is 5.69 Å². The highest BCUT2D eigenvalue weighted by Crippen LogP contribution is 2.26. The highest BCUT2D eigenvalue weighted by molar-refractivity contribution is 5.81. The average molecular weight is 373 g/mol. The zero-order valence-electron chi connectivity index (χ0n) is 15.6. The van der Waals surface area contributed by atoms with Crippen LogP contribution in [0.2, 0.25) is 0 Å². The number of carbonyl (C=O) groups excluding carboxylic acids is 1. The summed E-state index contributed by atoms with van der Waals surface area (Å²) < 4.78 is 3.32. The number of fused-ring (bicyclic) bond motifs is 1. The highest BCUT2D eigenvalue weighted by atomic mass is 16.3. The van der Waals surface area contributed by atoms with E-state index in [0.717, 1.165) is 55.7 Å². The molecular formula is C19H27N5O3. The van der Waals surface area contributed by atoms with E-state index in [-0.39, 0.29) is 11.6 Å². The van der Waals surface area contributed by atoms with Crippen molar-refractivity contribution in [2.24, 2.45) is 7.05 Å². The third kappa shape index (κ3) is 3.40. The van der Waals surface area contributed by atoms with Gasteiger partial charge in [-0.25, -0.2) is 4.79 Å². The molecule has 1 amide bonds. The fourth-order valence-electron chi connectivity index (χ4n) is 4.30. The maximum atomic E-state index is 13.0. The van der Waals surface area contributed by atoms with E-state index in [2.05, 4.69) is 21.6 Å². The van der Waals surface area contributed by atoms with Crippen molar-refractivity contribution in [2.75, 3.05) is 32.7 Å². The standard InChI is InChI=1S/C19H27N5O3/c1-22-17-13(7-10-23-11-8-20-9-12-23)3-2-4-14(17)24(19(22)27)15-5-6-16(25)21-18(15)26/h2-4,15,18,20,26H,5-12H2,1H3,(H,21,25). The SMILES string of the molecule is Cn1c(=O)n(C2CCC(=O)NC2O)c2cccc(CCN3CCNCC3)c21. The van der Waals surface area contributed by atoms with Gasteiger partial charge < -0.3 is 20.6 Å². The quantitative estimate of drug-likeness (QED) is 0.676. The van der Waals surface area contributed by atoms with Crippen molar-refractivity contribution in [1.82, 2.24) is 24.7 Å². The molecule has 4 rings (SSSR count). The number of rotatable bonds is 4. The molecule has 0 saturated carbocycles. The van der Waals surface area contributed by atoms with E-state index in [0.29, 0.717) is 12.8 Å². The number of piperidine rings is 1. The molecular weight excluding hydrogens is 346 g/mol. The molecule has 1 aromatic heterocycles. The number of nitrogens with one attached hydrogen (secondary N) is 2. The molecule has 1 aromatic carbocycles. The number of aliphatic hydroxyl groups excluding tert-OH is 1. The van der Waals surface area contributed by atoms with Crippen molar-refractivity contribution < 1.29 is 9.90 Å². The summed E-state index contributed by atoms with van der Waals surface area (Å²) in [7, 11) is 1.78. The molecule has 0 bridgehead atoms. The van der Waals surface area contributed by atoms with Gasteiger partial charge in [0.2, 0.25) is 5.91 Å². The number of carbonyl (C=O) groups is 1. The van der Waals surface area contributed by atoms with Crippen LogP contribution in [-0.2, 0) is 18.3 Å². The molecule has 8 heteroatoms. The van der Waals surface area contributed by atoms with Gasteiger partial charge in [0.1, 0.15) is 6.23 Å². The summed E-state index contributed by atoms with van der Waals surface area (Å²) >= 11 is 0. The number of hydrogen-bond acceptors (Lipinski definition) is 5. The minimum absolute atomic E-state index is 0.153. The Hall–Kier alpha value is -2.16. The molecule has 2 aliphatic rings. The van der Waals surface area contributed by atoms with Crippen LogP contribution >= 0.6 is 0 Å². The third-order valence-corrected chi connectivity index (χ3v) is 5.77. The summed E-state index contributed by atoms with van der Waals surface area (Å²) in [6.07, 6.45) is 0.599. The Labute approximate surface area is 157 Å². The first kappa shape index (κ1) is 18.2. The summed E-state index contributed by atoms with van der Waals surface area (Å²) in [6, 6.07) is 5.53. The van der Waals surface area contributed by atoms with Gasteiger partial charge in [0, 0.05) is 46.2 Å². The van der Waals surface area contributed by atoms with Crippen LogP contribution in [0.25, 0.3) is 11.0 Å². The number of hydrogen-bond donors (Lipinski definition) is 3. The van der Waals surface area contributed by atoms with E-state index < -0.39 is 12.3 Å². The Morgan fingerprint density at radius 2 is 2.00 bits per heavy atom. The molecule has 2 aliphatic heterocycles. The minimum atomic E-state index is -1.04. The molecule has 2 atom stereocenters. The first-order valence-electron chi connectivity index (χ1n) is 9.65. The Balaban J connectivity index is 1.67. The van der Waals surface area contributed by atoms with E-state index >= 15 is 0 Å². The summed E-state index contributed by atoms with van der Waals surface area (Å²) in [4.78, 5) is 26.9. The van der Waals surface area contributed by atoms with Gasteiger partial charge in [-0.2, -0.15) is 0 Å². The third-order valence-electron chi connectivity index (χ3n) is 5.77. The topological polar surface area (TPSA) is 91.5 Å². The van der Waals surface area contributed by atoms with E-state index in [9.17, 15) is 14.7 Å².